The first-order valence-corrected chi connectivity index (χ1v) is 8.71. The highest BCUT2D eigenvalue weighted by molar-refractivity contribution is 6.44. The minimum Gasteiger partial charge on any atom is -0.372 e. The van der Waals surface area contributed by atoms with E-state index < -0.39 is 11.8 Å². The summed E-state index contributed by atoms with van der Waals surface area (Å²) >= 11 is 11.7. The van der Waals surface area contributed by atoms with E-state index in [0.29, 0.717) is 21.4 Å². The normalized spacial score (nSPS) is 13.6. The summed E-state index contributed by atoms with van der Waals surface area (Å²) in [6, 6.07) is 12.1. The third kappa shape index (κ3) is 4.44. The second kappa shape index (κ2) is 7.76. The molecule has 2 aromatic rings. The number of amides is 2. The fraction of sp³-hybridized carbons (Fsp3) is 0.222. The Labute approximate surface area is 155 Å². The van der Waals surface area contributed by atoms with Gasteiger partial charge in [0.1, 0.15) is 0 Å². The van der Waals surface area contributed by atoms with Gasteiger partial charge in [0.25, 0.3) is 0 Å². The molecule has 3 rings (SSSR count). The van der Waals surface area contributed by atoms with Crippen LogP contribution in [0.2, 0.25) is 10.0 Å². The molecule has 0 unspecified atom stereocenters. The maximum atomic E-state index is 12.0. The average Bonchev–Trinajstić information content (AvgIpc) is 3.13. The molecule has 2 amide bonds. The summed E-state index contributed by atoms with van der Waals surface area (Å²) in [5, 5.41) is 5.74. The van der Waals surface area contributed by atoms with Crippen LogP contribution in [0.15, 0.2) is 42.5 Å². The van der Waals surface area contributed by atoms with Gasteiger partial charge in [0.2, 0.25) is 0 Å². The van der Waals surface area contributed by atoms with E-state index in [9.17, 15) is 9.59 Å². The van der Waals surface area contributed by atoms with Crippen molar-refractivity contribution in [1.29, 1.82) is 0 Å². The van der Waals surface area contributed by atoms with Crippen molar-refractivity contribution in [2.75, 3.05) is 28.6 Å². The van der Waals surface area contributed by atoms with Crippen LogP contribution < -0.4 is 15.5 Å². The van der Waals surface area contributed by atoms with Gasteiger partial charge in [-0.25, -0.2) is 0 Å². The minimum atomic E-state index is -0.776. The van der Waals surface area contributed by atoms with Gasteiger partial charge >= 0.3 is 11.8 Å². The zero-order chi connectivity index (χ0) is 17.8. The Morgan fingerprint density at radius 2 is 1.36 bits per heavy atom. The number of nitrogens with one attached hydrogen (secondary N) is 2. The Balaban J connectivity index is 1.59. The van der Waals surface area contributed by atoms with Gasteiger partial charge in [-0.05, 0) is 55.3 Å². The Morgan fingerprint density at radius 3 is 1.96 bits per heavy atom. The van der Waals surface area contributed by atoms with Crippen LogP contribution in [-0.2, 0) is 9.59 Å². The Hall–Kier alpha value is -2.24. The zero-order valence-electron chi connectivity index (χ0n) is 13.4. The fourth-order valence-corrected chi connectivity index (χ4v) is 2.98. The number of carbonyl (C=O) groups is 2. The lowest BCUT2D eigenvalue weighted by Crippen LogP contribution is -2.29. The SMILES string of the molecule is O=C(Nc1ccc(N2CCCC2)cc1)C(=O)Nc1ccc(Cl)c(Cl)c1. The monoisotopic (exact) mass is 377 g/mol. The first-order valence-electron chi connectivity index (χ1n) is 7.95. The number of rotatable bonds is 3. The second-order valence-electron chi connectivity index (χ2n) is 5.78. The summed E-state index contributed by atoms with van der Waals surface area (Å²) in [6.07, 6.45) is 2.40. The molecule has 0 radical (unpaired) electrons. The molecule has 7 heteroatoms. The molecule has 130 valence electrons. The molecule has 25 heavy (non-hydrogen) atoms. The molecule has 0 saturated carbocycles. The maximum Gasteiger partial charge on any atom is 0.314 e. The van der Waals surface area contributed by atoms with Gasteiger partial charge in [0.05, 0.1) is 10.0 Å². The predicted molar refractivity (Wildman–Crippen MR) is 102 cm³/mol. The highest BCUT2D eigenvalue weighted by Crippen LogP contribution is 2.25. The summed E-state index contributed by atoms with van der Waals surface area (Å²) in [7, 11) is 0. The zero-order valence-corrected chi connectivity index (χ0v) is 14.9. The maximum absolute atomic E-state index is 12.0. The molecular formula is C18H17Cl2N3O2. The molecule has 1 saturated heterocycles. The van der Waals surface area contributed by atoms with Crippen LogP contribution in [0.5, 0.6) is 0 Å². The summed E-state index contributed by atoms with van der Waals surface area (Å²) < 4.78 is 0. The lowest BCUT2D eigenvalue weighted by molar-refractivity contribution is -0.132. The molecule has 0 aliphatic carbocycles. The van der Waals surface area contributed by atoms with E-state index in [-0.39, 0.29) is 0 Å². The van der Waals surface area contributed by atoms with Gasteiger partial charge in [0, 0.05) is 30.2 Å². The lowest BCUT2D eigenvalue weighted by Gasteiger charge is -2.17. The number of nitrogens with zero attached hydrogens (tertiary/aromatic N) is 1. The quantitative estimate of drug-likeness (QED) is 0.788. The third-order valence-electron chi connectivity index (χ3n) is 3.98. The van der Waals surface area contributed by atoms with E-state index in [2.05, 4.69) is 15.5 Å². The molecular weight excluding hydrogens is 361 g/mol. The molecule has 1 fully saturated rings. The van der Waals surface area contributed by atoms with Gasteiger partial charge in [-0.1, -0.05) is 23.2 Å². The van der Waals surface area contributed by atoms with E-state index in [1.807, 2.05) is 12.1 Å². The average molecular weight is 378 g/mol. The lowest BCUT2D eigenvalue weighted by atomic mass is 10.2. The molecule has 0 atom stereocenters. The van der Waals surface area contributed by atoms with Crippen molar-refractivity contribution in [2.45, 2.75) is 12.8 Å². The van der Waals surface area contributed by atoms with Crippen LogP contribution in [0.1, 0.15) is 12.8 Å². The third-order valence-corrected chi connectivity index (χ3v) is 4.72. The molecule has 1 aliphatic heterocycles. The number of benzene rings is 2. The number of hydrogen-bond acceptors (Lipinski definition) is 3. The molecule has 2 aromatic carbocycles. The van der Waals surface area contributed by atoms with E-state index in [1.54, 1.807) is 24.3 Å². The summed E-state index contributed by atoms with van der Waals surface area (Å²) in [4.78, 5) is 26.3. The van der Waals surface area contributed by atoms with Gasteiger partial charge in [-0.15, -0.1) is 0 Å². The van der Waals surface area contributed by atoms with Crippen molar-refractivity contribution in [3.8, 4) is 0 Å². The Kier molecular flexibility index (Phi) is 5.46. The molecule has 0 spiro atoms. The molecule has 1 heterocycles. The largest absolute Gasteiger partial charge is 0.372 e. The smallest absolute Gasteiger partial charge is 0.314 e. The minimum absolute atomic E-state index is 0.303. The summed E-state index contributed by atoms with van der Waals surface area (Å²) in [5.41, 5.74) is 2.09. The van der Waals surface area contributed by atoms with Gasteiger partial charge < -0.3 is 15.5 Å². The van der Waals surface area contributed by atoms with Crippen molar-refractivity contribution in [1.82, 2.24) is 0 Å². The van der Waals surface area contributed by atoms with Gasteiger partial charge in [-0.3, -0.25) is 9.59 Å². The van der Waals surface area contributed by atoms with E-state index >= 15 is 0 Å². The second-order valence-corrected chi connectivity index (χ2v) is 6.59. The van der Waals surface area contributed by atoms with Crippen LogP contribution in [0.4, 0.5) is 17.1 Å². The molecule has 1 aliphatic rings. The van der Waals surface area contributed by atoms with Crippen molar-refractivity contribution < 1.29 is 9.59 Å². The molecule has 2 N–H and O–H groups in total. The molecule has 0 bridgehead atoms. The Morgan fingerprint density at radius 1 is 0.800 bits per heavy atom. The van der Waals surface area contributed by atoms with E-state index in [0.717, 1.165) is 18.8 Å². The van der Waals surface area contributed by atoms with E-state index in [1.165, 1.54) is 18.9 Å². The standard InChI is InChI=1S/C18H17Cl2N3O2/c19-15-8-5-13(11-16(15)20)22-18(25)17(24)21-12-3-6-14(7-4-12)23-9-1-2-10-23/h3-8,11H,1-2,9-10H2,(H,21,24)(H,22,25). The first-order chi connectivity index (χ1) is 12.0. The highest BCUT2D eigenvalue weighted by Gasteiger charge is 2.16. The van der Waals surface area contributed by atoms with Crippen LogP contribution in [0.25, 0.3) is 0 Å². The highest BCUT2D eigenvalue weighted by atomic mass is 35.5. The van der Waals surface area contributed by atoms with Crippen LogP contribution in [0, 0.1) is 0 Å². The Bertz CT molecular complexity index is 787. The topological polar surface area (TPSA) is 61.4 Å². The molecule has 5 nitrogen and oxygen atoms in total. The number of halogens is 2. The fourth-order valence-electron chi connectivity index (χ4n) is 2.68. The summed E-state index contributed by atoms with van der Waals surface area (Å²) in [5.74, 6) is -1.53. The predicted octanol–water partition coefficient (Wildman–Crippen LogP) is 4.17. The van der Waals surface area contributed by atoms with Crippen molar-refractivity contribution in [3.05, 3.63) is 52.5 Å². The van der Waals surface area contributed by atoms with Gasteiger partial charge in [-0.2, -0.15) is 0 Å². The van der Waals surface area contributed by atoms with Gasteiger partial charge in [0.15, 0.2) is 0 Å². The molecule has 0 aromatic heterocycles. The summed E-state index contributed by atoms with van der Waals surface area (Å²) in [6.45, 7) is 2.11. The number of anilines is 3. The number of hydrogen-bond donors (Lipinski definition) is 2. The van der Waals surface area contributed by atoms with Crippen LogP contribution >= 0.6 is 23.2 Å². The van der Waals surface area contributed by atoms with E-state index in [4.69, 9.17) is 23.2 Å². The van der Waals surface area contributed by atoms with Crippen molar-refractivity contribution >= 4 is 52.1 Å². The first kappa shape index (κ1) is 17.6. The van der Waals surface area contributed by atoms with Crippen LogP contribution in [-0.4, -0.2) is 24.9 Å². The van der Waals surface area contributed by atoms with Crippen molar-refractivity contribution in [2.24, 2.45) is 0 Å². The van der Waals surface area contributed by atoms with Crippen molar-refractivity contribution in [3.63, 3.8) is 0 Å². The van der Waals surface area contributed by atoms with Crippen LogP contribution in [0.3, 0.4) is 0 Å². The number of carbonyl (C=O) groups excluding carboxylic acids is 2.